The van der Waals surface area contributed by atoms with Gasteiger partial charge in [0.2, 0.25) is 5.89 Å². The first-order chi connectivity index (χ1) is 15.6. The molecular formula is C25H21FN4OS. The summed E-state index contributed by atoms with van der Waals surface area (Å²) in [6.07, 6.45) is 3.55. The smallest absolute Gasteiger partial charge is 0.226 e. The number of pyridine rings is 1. The zero-order valence-corrected chi connectivity index (χ0v) is 18.6. The SMILES string of the molecule is Cc1ccccc1-c1nc(Cn2c(SCc3cccc(F)c3)nc3ccncc32)c(C)o1. The molecule has 3 aromatic heterocycles. The summed E-state index contributed by atoms with van der Waals surface area (Å²) >= 11 is 1.56. The number of nitrogens with zero attached hydrogens (tertiary/aromatic N) is 4. The second-order valence-electron chi connectivity index (χ2n) is 7.60. The standard InChI is InChI=1S/C25H21FN4OS/c1-16-6-3-4-9-20(16)24-28-22(17(2)31-24)14-30-23-13-27-11-10-21(23)29-25(30)32-15-18-7-5-8-19(26)12-18/h3-13H,14-15H2,1-2H3. The van der Waals surface area contributed by atoms with Crippen molar-refractivity contribution in [1.29, 1.82) is 0 Å². The maximum atomic E-state index is 13.6. The number of aryl methyl sites for hydroxylation is 2. The van der Waals surface area contributed by atoms with E-state index in [2.05, 4.69) is 9.55 Å². The number of oxazole rings is 1. The number of rotatable bonds is 6. The van der Waals surface area contributed by atoms with E-state index in [0.717, 1.165) is 44.3 Å². The highest BCUT2D eigenvalue weighted by Crippen LogP contribution is 2.30. The molecule has 0 saturated heterocycles. The van der Waals surface area contributed by atoms with Gasteiger partial charge >= 0.3 is 0 Å². The van der Waals surface area contributed by atoms with Crippen molar-refractivity contribution in [3.05, 3.63) is 95.4 Å². The van der Waals surface area contributed by atoms with Crippen LogP contribution >= 0.6 is 11.8 Å². The van der Waals surface area contributed by atoms with E-state index in [1.165, 1.54) is 6.07 Å². The highest BCUT2D eigenvalue weighted by molar-refractivity contribution is 7.98. The topological polar surface area (TPSA) is 56.7 Å². The second kappa shape index (κ2) is 8.59. The third-order valence-corrected chi connectivity index (χ3v) is 6.40. The van der Waals surface area contributed by atoms with Crippen LogP contribution in [0.5, 0.6) is 0 Å². The summed E-state index contributed by atoms with van der Waals surface area (Å²) in [7, 11) is 0. The lowest BCUT2D eigenvalue weighted by Crippen LogP contribution is -2.03. The van der Waals surface area contributed by atoms with Crippen LogP contribution in [0.15, 0.2) is 76.6 Å². The zero-order valence-electron chi connectivity index (χ0n) is 17.7. The minimum atomic E-state index is -0.234. The molecule has 2 aromatic carbocycles. The fourth-order valence-electron chi connectivity index (χ4n) is 3.64. The van der Waals surface area contributed by atoms with Crippen molar-refractivity contribution in [2.45, 2.75) is 31.3 Å². The molecule has 0 unspecified atom stereocenters. The van der Waals surface area contributed by atoms with Crippen LogP contribution in [0.25, 0.3) is 22.5 Å². The van der Waals surface area contributed by atoms with Gasteiger partial charge in [-0.1, -0.05) is 42.1 Å². The summed E-state index contributed by atoms with van der Waals surface area (Å²) in [6.45, 7) is 4.49. The Kier molecular flexibility index (Phi) is 5.49. The average Bonchev–Trinajstić information content (AvgIpc) is 3.33. The lowest BCUT2D eigenvalue weighted by atomic mass is 10.1. The van der Waals surface area contributed by atoms with Gasteiger partial charge in [0.1, 0.15) is 17.3 Å². The van der Waals surface area contributed by atoms with E-state index < -0.39 is 0 Å². The van der Waals surface area contributed by atoms with Crippen LogP contribution in [0.2, 0.25) is 0 Å². The third kappa shape index (κ3) is 4.03. The van der Waals surface area contributed by atoms with Crippen molar-refractivity contribution in [3.63, 3.8) is 0 Å². The van der Waals surface area contributed by atoms with Crippen LogP contribution < -0.4 is 0 Å². The van der Waals surface area contributed by atoms with E-state index in [-0.39, 0.29) is 5.82 Å². The Hall–Kier alpha value is -3.45. The van der Waals surface area contributed by atoms with Gasteiger partial charge in [0.15, 0.2) is 5.16 Å². The van der Waals surface area contributed by atoms with Crippen LogP contribution in [0.3, 0.4) is 0 Å². The van der Waals surface area contributed by atoms with Gasteiger partial charge in [0.25, 0.3) is 0 Å². The molecule has 0 aliphatic rings. The van der Waals surface area contributed by atoms with Crippen molar-refractivity contribution >= 4 is 22.8 Å². The van der Waals surface area contributed by atoms with E-state index in [1.54, 1.807) is 30.1 Å². The molecular weight excluding hydrogens is 423 g/mol. The number of aromatic nitrogens is 4. The van der Waals surface area contributed by atoms with Gasteiger partial charge in [0, 0.05) is 17.5 Å². The molecule has 5 nitrogen and oxygen atoms in total. The first-order valence-electron chi connectivity index (χ1n) is 10.3. The van der Waals surface area contributed by atoms with Crippen LogP contribution in [-0.2, 0) is 12.3 Å². The van der Waals surface area contributed by atoms with Gasteiger partial charge in [-0.05, 0) is 49.2 Å². The quantitative estimate of drug-likeness (QED) is 0.293. The van der Waals surface area contributed by atoms with Gasteiger partial charge in [-0.25, -0.2) is 14.4 Å². The van der Waals surface area contributed by atoms with E-state index >= 15 is 0 Å². The van der Waals surface area contributed by atoms with Gasteiger partial charge in [0.05, 0.1) is 23.8 Å². The Morgan fingerprint density at radius 2 is 1.91 bits per heavy atom. The molecule has 0 atom stereocenters. The number of halogens is 1. The monoisotopic (exact) mass is 444 g/mol. The molecule has 0 saturated carbocycles. The summed E-state index contributed by atoms with van der Waals surface area (Å²) in [5.41, 5.74) is 5.64. The molecule has 160 valence electrons. The van der Waals surface area contributed by atoms with E-state index in [9.17, 15) is 4.39 Å². The highest BCUT2D eigenvalue weighted by Gasteiger charge is 2.18. The molecule has 5 rings (SSSR count). The Labute approximate surface area is 189 Å². The Balaban J connectivity index is 1.49. The summed E-state index contributed by atoms with van der Waals surface area (Å²) in [4.78, 5) is 13.9. The fraction of sp³-hybridized carbons (Fsp3) is 0.160. The molecule has 7 heteroatoms. The molecule has 0 amide bonds. The van der Waals surface area contributed by atoms with Gasteiger partial charge < -0.3 is 8.98 Å². The molecule has 0 bridgehead atoms. The summed E-state index contributed by atoms with van der Waals surface area (Å²) in [5.74, 6) is 1.77. The third-order valence-electron chi connectivity index (χ3n) is 5.35. The molecule has 0 spiro atoms. The fourth-order valence-corrected chi connectivity index (χ4v) is 4.59. The maximum absolute atomic E-state index is 13.6. The number of fused-ring (bicyclic) bond motifs is 1. The first-order valence-corrected chi connectivity index (χ1v) is 11.3. The molecule has 0 aliphatic heterocycles. The first kappa shape index (κ1) is 20.5. The van der Waals surface area contributed by atoms with Crippen LogP contribution in [0.4, 0.5) is 4.39 Å². The number of benzene rings is 2. The van der Waals surface area contributed by atoms with Gasteiger partial charge in [-0.15, -0.1) is 0 Å². The van der Waals surface area contributed by atoms with Gasteiger partial charge in [-0.2, -0.15) is 0 Å². The minimum absolute atomic E-state index is 0.234. The predicted octanol–water partition coefficient (Wildman–Crippen LogP) is 6.18. The van der Waals surface area contributed by atoms with E-state index in [0.29, 0.717) is 18.2 Å². The number of hydrogen-bond donors (Lipinski definition) is 0. The molecule has 0 N–H and O–H groups in total. The van der Waals surface area contributed by atoms with E-state index in [4.69, 9.17) is 14.4 Å². The molecule has 3 heterocycles. The minimum Gasteiger partial charge on any atom is -0.441 e. The summed E-state index contributed by atoms with van der Waals surface area (Å²) in [5, 5.41) is 0.831. The Bertz CT molecular complexity index is 1410. The lowest BCUT2D eigenvalue weighted by molar-refractivity contribution is 0.537. The largest absolute Gasteiger partial charge is 0.441 e. The number of imidazole rings is 1. The summed E-state index contributed by atoms with van der Waals surface area (Å²) in [6, 6.07) is 16.6. The van der Waals surface area contributed by atoms with Gasteiger partial charge in [-0.3, -0.25) is 4.98 Å². The molecule has 5 aromatic rings. The molecule has 0 radical (unpaired) electrons. The van der Waals surface area contributed by atoms with E-state index in [1.807, 2.05) is 56.4 Å². The lowest BCUT2D eigenvalue weighted by Gasteiger charge is -2.08. The molecule has 32 heavy (non-hydrogen) atoms. The van der Waals surface area contributed by atoms with Crippen molar-refractivity contribution < 1.29 is 8.81 Å². The molecule has 0 aliphatic carbocycles. The predicted molar refractivity (Wildman–Crippen MR) is 124 cm³/mol. The number of hydrogen-bond acceptors (Lipinski definition) is 5. The summed E-state index contributed by atoms with van der Waals surface area (Å²) < 4.78 is 21.7. The molecule has 0 fully saturated rings. The van der Waals surface area contributed by atoms with Crippen molar-refractivity contribution in [2.24, 2.45) is 0 Å². The number of thioether (sulfide) groups is 1. The Morgan fingerprint density at radius 3 is 2.75 bits per heavy atom. The average molecular weight is 445 g/mol. The van der Waals surface area contributed by atoms with Crippen molar-refractivity contribution in [1.82, 2.24) is 19.5 Å². The van der Waals surface area contributed by atoms with Crippen LogP contribution in [-0.4, -0.2) is 19.5 Å². The highest BCUT2D eigenvalue weighted by atomic mass is 32.2. The zero-order chi connectivity index (χ0) is 22.1. The maximum Gasteiger partial charge on any atom is 0.226 e. The van der Waals surface area contributed by atoms with Crippen LogP contribution in [0.1, 0.15) is 22.6 Å². The van der Waals surface area contributed by atoms with Crippen LogP contribution in [0, 0.1) is 19.7 Å². The van der Waals surface area contributed by atoms with Crippen molar-refractivity contribution in [2.75, 3.05) is 0 Å². The normalized spacial score (nSPS) is 11.3. The Morgan fingerprint density at radius 1 is 1.03 bits per heavy atom. The second-order valence-corrected chi connectivity index (χ2v) is 8.54. The van der Waals surface area contributed by atoms with Crippen molar-refractivity contribution in [3.8, 4) is 11.5 Å².